The second-order valence-electron chi connectivity index (χ2n) is 5.94. The maximum absolute atomic E-state index is 12.0. The van der Waals surface area contributed by atoms with Crippen molar-refractivity contribution in [1.82, 2.24) is 16.0 Å². The van der Waals surface area contributed by atoms with Crippen molar-refractivity contribution in [2.24, 2.45) is 4.99 Å². The number of rotatable bonds is 7. The third-order valence-corrected chi connectivity index (χ3v) is 3.84. The van der Waals surface area contributed by atoms with Crippen molar-refractivity contribution in [2.45, 2.75) is 45.7 Å². The molecule has 1 aliphatic carbocycles. The van der Waals surface area contributed by atoms with Gasteiger partial charge in [0.15, 0.2) is 5.96 Å². The minimum absolute atomic E-state index is 0. The number of hydrogen-bond acceptors (Lipinski definition) is 2. The quantitative estimate of drug-likeness (QED) is 0.256. The Kier molecular flexibility index (Phi) is 10.2. The lowest BCUT2D eigenvalue weighted by atomic mass is 10.1. The predicted molar refractivity (Wildman–Crippen MR) is 115 cm³/mol. The maximum Gasteiger partial charge on any atom is 0.251 e. The van der Waals surface area contributed by atoms with Gasteiger partial charge < -0.3 is 16.0 Å². The Labute approximate surface area is 167 Å². The van der Waals surface area contributed by atoms with Crippen LogP contribution in [0.1, 0.15) is 49.0 Å². The van der Waals surface area contributed by atoms with E-state index in [1.807, 2.05) is 31.2 Å². The SMILES string of the molecule is CCCNC(=O)c1cccc(CN=C(NCC)NC2CC=CC2)c1.I. The highest BCUT2D eigenvalue weighted by molar-refractivity contribution is 14.0. The summed E-state index contributed by atoms with van der Waals surface area (Å²) in [5.74, 6) is 0.803. The molecule has 0 spiro atoms. The molecule has 0 radical (unpaired) electrons. The van der Waals surface area contributed by atoms with Crippen molar-refractivity contribution < 1.29 is 4.79 Å². The van der Waals surface area contributed by atoms with E-state index in [1.54, 1.807) is 0 Å². The van der Waals surface area contributed by atoms with E-state index in [9.17, 15) is 4.79 Å². The first-order chi connectivity index (χ1) is 11.7. The van der Waals surface area contributed by atoms with Crippen LogP contribution in [0.5, 0.6) is 0 Å². The van der Waals surface area contributed by atoms with Gasteiger partial charge in [-0.2, -0.15) is 0 Å². The molecule has 0 fully saturated rings. The van der Waals surface area contributed by atoms with Gasteiger partial charge in [-0.05, 0) is 43.9 Å². The standard InChI is InChI=1S/C19H28N4O.HI/c1-3-12-21-18(24)16-9-7-8-15(13-16)14-22-19(20-4-2)23-17-10-5-6-11-17;/h5-9,13,17H,3-4,10-12,14H2,1-2H3,(H,21,24)(H2,20,22,23);1H. The molecule has 0 aliphatic heterocycles. The van der Waals surface area contributed by atoms with Gasteiger partial charge in [0.2, 0.25) is 0 Å². The molecule has 0 aromatic heterocycles. The molecule has 25 heavy (non-hydrogen) atoms. The Bertz CT molecular complexity index is 593. The van der Waals surface area contributed by atoms with E-state index in [4.69, 9.17) is 0 Å². The van der Waals surface area contributed by atoms with Crippen molar-refractivity contribution in [1.29, 1.82) is 0 Å². The molecule has 0 saturated heterocycles. The minimum atomic E-state index is -0.0234. The summed E-state index contributed by atoms with van der Waals surface area (Å²) < 4.78 is 0. The highest BCUT2D eigenvalue weighted by Gasteiger charge is 2.11. The van der Waals surface area contributed by atoms with E-state index >= 15 is 0 Å². The van der Waals surface area contributed by atoms with E-state index in [-0.39, 0.29) is 29.9 Å². The van der Waals surface area contributed by atoms with E-state index < -0.39 is 0 Å². The molecule has 0 unspecified atom stereocenters. The maximum atomic E-state index is 12.0. The van der Waals surface area contributed by atoms with Crippen molar-refractivity contribution in [3.8, 4) is 0 Å². The zero-order chi connectivity index (χ0) is 17.2. The molecular formula is C19H29IN4O. The highest BCUT2D eigenvalue weighted by Crippen LogP contribution is 2.10. The third kappa shape index (κ3) is 7.46. The van der Waals surface area contributed by atoms with Gasteiger partial charge in [-0.15, -0.1) is 24.0 Å². The number of nitrogens with zero attached hydrogens (tertiary/aromatic N) is 1. The molecule has 3 N–H and O–H groups in total. The first-order valence-corrected chi connectivity index (χ1v) is 8.80. The molecule has 6 heteroatoms. The van der Waals surface area contributed by atoms with E-state index in [2.05, 4.69) is 40.0 Å². The molecule has 0 saturated carbocycles. The van der Waals surface area contributed by atoms with Crippen LogP contribution in [0.2, 0.25) is 0 Å². The Morgan fingerprint density at radius 3 is 2.64 bits per heavy atom. The van der Waals surface area contributed by atoms with Gasteiger partial charge in [-0.3, -0.25) is 4.79 Å². The number of carbonyl (C=O) groups is 1. The predicted octanol–water partition coefficient (Wildman–Crippen LogP) is 3.22. The van der Waals surface area contributed by atoms with Crippen LogP contribution in [0.15, 0.2) is 41.4 Å². The van der Waals surface area contributed by atoms with Crippen LogP contribution in [-0.2, 0) is 6.54 Å². The topological polar surface area (TPSA) is 65.5 Å². The molecule has 1 aromatic carbocycles. The molecule has 138 valence electrons. The fourth-order valence-electron chi connectivity index (χ4n) is 2.57. The van der Waals surface area contributed by atoms with Crippen LogP contribution in [0.3, 0.4) is 0 Å². The van der Waals surface area contributed by atoms with Crippen LogP contribution < -0.4 is 16.0 Å². The summed E-state index contributed by atoms with van der Waals surface area (Å²) in [6.07, 6.45) is 7.40. The number of aliphatic imine (C=N–C) groups is 1. The van der Waals surface area contributed by atoms with Crippen LogP contribution in [-0.4, -0.2) is 31.0 Å². The van der Waals surface area contributed by atoms with Crippen LogP contribution in [0.4, 0.5) is 0 Å². The van der Waals surface area contributed by atoms with Gasteiger partial charge in [0.1, 0.15) is 0 Å². The summed E-state index contributed by atoms with van der Waals surface area (Å²) in [6.45, 7) is 6.17. The van der Waals surface area contributed by atoms with Crippen molar-refractivity contribution in [3.63, 3.8) is 0 Å². The van der Waals surface area contributed by atoms with Gasteiger partial charge in [0.05, 0.1) is 6.54 Å². The van der Waals surface area contributed by atoms with Crippen molar-refractivity contribution >= 4 is 35.8 Å². The monoisotopic (exact) mass is 456 g/mol. The second-order valence-corrected chi connectivity index (χ2v) is 5.94. The molecular weight excluding hydrogens is 427 g/mol. The highest BCUT2D eigenvalue weighted by atomic mass is 127. The zero-order valence-corrected chi connectivity index (χ0v) is 17.4. The smallest absolute Gasteiger partial charge is 0.251 e. The number of hydrogen-bond donors (Lipinski definition) is 3. The lowest BCUT2D eigenvalue weighted by Gasteiger charge is -2.16. The normalized spacial score (nSPS) is 14.1. The van der Waals surface area contributed by atoms with E-state index in [0.717, 1.165) is 37.3 Å². The summed E-state index contributed by atoms with van der Waals surface area (Å²) in [4.78, 5) is 16.7. The van der Waals surface area contributed by atoms with Gasteiger partial charge in [0, 0.05) is 24.7 Å². The lowest BCUT2D eigenvalue weighted by Crippen LogP contribution is -2.42. The molecule has 1 amide bonds. The first kappa shape index (κ1) is 21.5. The Hall–Kier alpha value is -1.57. The Balaban J connectivity index is 0.00000312. The van der Waals surface area contributed by atoms with Crippen LogP contribution in [0, 0.1) is 0 Å². The van der Waals surface area contributed by atoms with Gasteiger partial charge >= 0.3 is 0 Å². The number of halogens is 1. The fourth-order valence-corrected chi connectivity index (χ4v) is 2.57. The molecule has 1 aromatic rings. The van der Waals surface area contributed by atoms with E-state index in [0.29, 0.717) is 24.7 Å². The third-order valence-electron chi connectivity index (χ3n) is 3.84. The van der Waals surface area contributed by atoms with Gasteiger partial charge in [-0.1, -0.05) is 31.2 Å². The average molecular weight is 456 g/mol. The minimum Gasteiger partial charge on any atom is -0.357 e. The molecule has 0 heterocycles. The summed E-state index contributed by atoms with van der Waals surface area (Å²) in [6, 6.07) is 8.09. The zero-order valence-electron chi connectivity index (χ0n) is 15.0. The van der Waals surface area contributed by atoms with Crippen LogP contribution in [0.25, 0.3) is 0 Å². The Morgan fingerprint density at radius 2 is 1.96 bits per heavy atom. The van der Waals surface area contributed by atoms with Crippen molar-refractivity contribution in [3.05, 3.63) is 47.5 Å². The summed E-state index contributed by atoms with van der Waals surface area (Å²) >= 11 is 0. The first-order valence-electron chi connectivity index (χ1n) is 8.80. The fraction of sp³-hybridized carbons (Fsp3) is 0.474. The van der Waals surface area contributed by atoms with Gasteiger partial charge in [-0.25, -0.2) is 4.99 Å². The average Bonchev–Trinajstić information content (AvgIpc) is 3.11. The molecule has 0 atom stereocenters. The number of carbonyl (C=O) groups excluding carboxylic acids is 1. The number of amides is 1. The summed E-state index contributed by atoms with van der Waals surface area (Å²) in [7, 11) is 0. The van der Waals surface area contributed by atoms with Crippen LogP contribution >= 0.6 is 24.0 Å². The molecule has 5 nitrogen and oxygen atoms in total. The molecule has 1 aliphatic rings. The number of benzene rings is 1. The number of guanidine groups is 1. The van der Waals surface area contributed by atoms with Crippen molar-refractivity contribution in [2.75, 3.05) is 13.1 Å². The second kappa shape index (κ2) is 11.9. The summed E-state index contributed by atoms with van der Waals surface area (Å²) in [5.41, 5.74) is 1.72. The largest absolute Gasteiger partial charge is 0.357 e. The molecule has 0 bridgehead atoms. The lowest BCUT2D eigenvalue weighted by molar-refractivity contribution is 0.0953. The Morgan fingerprint density at radius 1 is 1.20 bits per heavy atom. The van der Waals surface area contributed by atoms with E-state index in [1.165, 1.54) is 0 Å². The van der Waals surface area contributed by atoms with Gasteiger partial charge in [0.25, 0.3) is 5.91 Å². The molecule has 2 rings (SSSR count). The summed E-state index contributed by atoms with van der Waals surface area (Å²) in [5, 5.41) is 9.63. The number of nitrogens with one attached hydrogen (secondary N) is 3.